The van der Waals surface area contributed by atoms with Gasteiger partial charge in [-0.05, 0) is 30.5 Å². The van der Waals surface area contributed by atoms with Crippen LogP contribution in [0, 0.1) is 5.82 Å². The van der Waals surface area contributed by atoms with Gasteiger partial charge >= 0.3 is 6.09 Å². The van der Waals surface area contributed by atoms with Crippen LogP contribution in [0.1, 0.15) is 52.7 Å². The van der Waals surface area contributed by atoms with Crippen LogP contribution in [0.4, 0.5) is 15.0 Å². The summed E-state index contributed by atoms with van der Waals surface area (Å²) in [7, 11) is 1.36. The number of Topliss-reactive ketones (excluding diaryl/α,β-unsaturated/α-hetero) is 1. The van der Waals surface area contributed by atoms with Crippen LogP contribution in [-0.4, -0.2) is 58.7 Å². The number of amides is 1. The van der Waals surface area contributed by atoms with E-state index in [1.54, 1.807) is 17.2 Å². The lowest BCUT2D eigenvalue weighted by atomic mass is 9.91. The predicted octanol–water partition coefficient (Wildman–Crippen LogP) is 4.16. The Kier molecular flexibility index (Phi) is 7.90. The Morgan fingerprint density at radius 1 is 1.19 bits per heavy atom. The summed E-state index contributed by atoms with van der Waals surface area (Å²) < 4.78 is 19.8. The van der Waals surface area contributed by atoms with Crippen molar-refractivity contribution in [1.82, 2.24) is 14.9 Å². The monoisotopic (exact) mass is 492 g/mol. The number of halogens is 1. The van der Waals surface area contributed by atoms with Crippen molar-refractivity contribution in [1.29, 1.82) is 0 Å². The van der Waals surface area contributed by atoms with Crippen molar-refractivity contribution in [3.63, 3.8) is 0 Å². The van der Waals surface area contributed by atoms with Crippen LogP contribution < -0.4 is 5.73 Å². The minimum Gasteiger partial charge on any atom is -0.453 e. The van der Waals surface area contributed by atoms with Gasteiger partial charge in [0.1, 0.15) is 17.3 Å². The molecule has 0 aliphatic carbocycles. The summed E-state index contributed by atoms with van der Waals surface area (Å²) in [6.07, 6.45) is 2.64. The number of piperidine rings is 1. The predicted molar refractivity (Wildman–Crippen MR) is 133 cm³/mol. The summed E-state index contributed by atoms with van der Waals surface area (Å²) in [4.78, 5) is 35.2. The third-order valence-corrected chi connectivity index (χ3v) is 6.63. The minimum atomic E-state index is -0.680. The second-order valence-corrected chi connectivity index (χ2v) is 8.87. The molecule has 0 bridgehead atoms. The number of aliphatic hydroxyl groups is 1. The number of carbonyl (C=O) groups excluding carboxylic acids is 2. The van der Waals surface area contributed by atoms with Crippen molar-refractivity contribution in [3.8, 4) is 11.3 Å². The Morgan fingerprint density at radius 2 is 1.92 bits per heavy atom. The normalized spacial score (nSPS) is 14.9. The van der Waals surface area contributed by atoms with Crippen molar-refractivity contribution in [2.45, 2.75) is 31.1 Å². The maximum absolute atomic E-state index is 15.1. The molecule has 1 atom stereocenters. The van der Waals surface area contributed by atoms with E-state index in [4.69, 9.17) is 10.5 Å². The average Bonchev–Trinajstić information content (AvgIpc) is 2.92. The third-order valence-electron chi connectivity index (χ3n) is 6.63. The Morgan fingerprint density at radius 3 is 2.56 bits per heavy atom. The first-order valence-electron chi connectivity index (χ1n) is 11.9. The fraction of sp³-hybridized carbons (Fsp3) is 0.333. The molecule has 2 heterocycles. The van der Waals surface area contributed by atoms with E-state index in [-0.39, 0.29) is 36.4 Å². The number of likely N-dealkylation sites (tertiary alicyclic amines) is 1. The van der Waals surface area contributed by atoms with Crippen molar-refractivity contribution in [2.24, 2.45) is 0 Å². The zero-order valence-corrected chi connectivity index (χ0v) is 20.1. The number of aromatic nitrogens is 2. The third kappa shape index (κ3) is 5.52. The molecule has 8 nitrogen and oxygen atoms in total. The molecule has 0 spiro atoms. The average molecular weight is 493 g/mol. The number of hydrogen-bond acceptors (Lipinski definition) is 7. The summed E-state index contributed by atoms with van der Waals surface area (Å²) in [6.45, 7) is 0.872. The first-order chi connectivity index (χ1) is 17.4. The van der Waals surface area contributed by atoms with Gasteiger partial charge in [0.2, 0.25) is 0 Å². The molecular weight excluding hydrogens is 463 g/mol. The van der Waals surface area contributed by atoms with Gasteiger partial charge in [0.15, 0.2) is 5.78 Å². The van der Waals surface area contributed by atoms with E-state index < -0.39 is 17.5 Å². The molecular formula is C27H29FN4O4. The van der Waals surface area contributed by atoms with Crippen LogP contribution in [-0.2, 0) is 4.74 Å². The number of methoxy groups -OCH3 is 1. The van der Waals surface area contributed by atoms with Crippen LogP contribution in [0.3, 0.4) is 0 Å². The van der Waals surface area contributed by atoms with Gasteiger partial charge < -0.3 is 20.5 Å². The molecule has 3 aromatic rings. The maximum atomic E-state index is 15.1. The highest BCUT2D eigenvalue weighted by Gasteiger charge is 2.26. The lowest BCUT2D eigenvalue weighted by molar-refractivity contribution is 0.0956. The van der Waals surface area contributed by atoms with Gasteiger partial charge in [0, 0.05) is 36.9 Å². The maximum Gasteiger partial charge on any atom is 0.409 e. The molecule has 2 aromatic carbocycles. The van der Waals surface area contributed by atoms with E-state index in [0.29, 0.717) is 37.2 Å². The first-order valence-corrected chi connectivity index (χ1v) is 11.9. The van der Waals surface area contributed by atoms with E-state index in [1.165, 1.54) is 19.2 Å². The van der Waals surface area contributed by atoms with Crippen LogP contribution in [0.5, 0.6) is 0 Å². The fourth-order valence-corrected chi connectivity index (χ4v) is 4.54. The van der Waals surface area contributed by atoms with Crippen LogP contribution in [0.2, 0.25) is 0 Å². The van der Waals surface area contributed by atoms with Crippen molar-refractivity contribution in [3.05, 3.63) is 77.4 Å². The standard InChI is InChI=1S/C27H29FN4O4/c1-36-27(35)32-11-9-18(10-12-32)23-15-30-26(29)25(31-23)19-7-8-21(22(28)13-19)24(34)14-20(16-33)17-5-3-2-4-6-17/h2-8,13,15,18,20,33H,9-12,14,16H2,1H3,(H2,29,30)/t20-/m1/s1. The number of nitrogens with zero attached hydrogens (tertiary/aromatic N) is 3. The number of ether oxygens (including phenoxy) is 1. The second-order valence-electron chi connectivity index (χ2n) is 8.87. The Hall–Kier alpha value is -3.85. The SMILES string of the molecule is COC(=O)N1CCC(c2cnc(N)c(-c3ccc(C(=O)C[C@H](CO)c4ccccc4)c(F)c3)n2)CC1. The number of hydrogen-bond donors (Lipinski definition) is 2. The summed E-state index contributed by atoms with van der Waals surface area (Å²) in [5.74, 6) is -1.25. The quantitative estimate of drug-likeness (QED) is 0.476. The summed E-state index contributed by atoms with van der Waals surface area (Å²) in [6, 6.07) is 13.5. The lowest BCUT2D eigenvalue weighted by Crippen LogP contribution is -2.37. The van der Waals surface area contributed by atoms with E-state index in [9.17, 15) is 14.7 Å². The van der Waals surface area contributed by atoms with Gasteiger partial charge in [-0.25, -0.2) is 19.2 Å². The highest BCUT2D eigenvalue weighted by molar-refractivity contribution is 5.97. The molecule has 1 fully saturated rings. The number of anilines is 1. The molecule has 0 radical (unpaired) electrons. The van der Waals surface area contributed by atoms with Gasteiger partial charge in [-0.3, -0.25) is 4.79 Å². The molecule has 4 rings (SSSR count). The summed E-state index contributed by atoms with van der Waals surface area (Å²) >= 11 is 0. The van der Waals surface area contributed by atoms with Crippen LogP contribution in [0.25, 0.3) is 11.3 Å². The molecule has 36 heavy (non-hydrogen) atoms. The van der Waals surface area contributed by atoms with Gasteiger partial charge in [-0.2, -0.15) is 0 Å². The number of nitrogens with two attached hydrogens (primary N) is 1. The number of benzene rings is 2. The van der Waals surface area contributed by atoms with Crippen molar-refractivity contribution in [2.75, 3.05) is 32.5 Å². The summed E-state index contributed by atoms with van der Waals surface area (Å²) in [5, 5.41) is 9.75. The van der Waals surface area contributed by atoms with Gasteiger partial charge in [0.25, 0.3) is 0 Å². The van der Waals surface area contributed by atoms with Crippen molar-refractivity contribution < 1.29 is 23.8 Å². The van der Waals surface area contributed by atoms with E-state index in [1.807, 2.05) is 30.3 Å². The van der Waals surface area contributed by atoms with Gasteiger partial charge in [-0.15, -0.1) is 0 Å². The van der Waals surface area contributed by atoms with Crippen LogP contribution >= 0.6 is 0 Å². The highest BCUT2D eigenvalue weighted by Crippen LogP contribution is 2.31. The Labute approximate surface area is 208 Å². The molecule has 1 aliphatic rings. The Balaban J connectivity index is 1.51. The fourth-order valence-electron chi connectivity index (χ4n) is 4.54. The molecule has 1 aliphatic heterocycles. The smallest absolute Gasteiger partial charge is 0.409 e. The number of ketones is 1. The molecule has 3 N–H and O–H groups in total. The van der Waals surface area contributed by atoms with E-state index in [0.717, 1.165) is 11.3 Å². The van der Waals surface area contributed by atoms with Crippen LogP contribution in [0.15, 0.2) is 54.7 Å². The molecule has 1 amide bonds. The first kappa shape index (κ1) is 25.2. The largest absolute Gasteiger partial charge is 0.453 e. The zero-order chi connectivity index (χ0) is 25.7. The molecule has 188 valence electrons. The number of carbonyl (C=O) groups is 2. The van der Waals surface area contributed by atoms with E-state index >= 15 is 4.39 Å². The van der Waals surface area contributed by atoms with Crippen molar-refractivity contribution >= 4 is 17.7 Å². The Bertz CT molecular complexity index is 1230. The van der Waals surface area contributed by atoms with Gasteiger partial charge in [0.05, 0.1) is 31.2 Å². The second kappa shape index (κ2) is 11.3. The highest BCUT2D eigenvalue weighted by atomic mass is 19.1. The number of aliphatic hydroxyl groups excluding tert-OH is 1. The van der Waals surface area contributed by atoms with Gasteiger partial charge in [-0.1, -0.05) is 36.4 Å². The number of nitrogen functional groups attached to an aromatic ring is 1. The number of rotatable bonds is 7. The minimum absolute atomic E-state index is 0.0154. The summed E-state index contributed by atoms with van der Waals surface area (Å²) in [5.41, 5.74) is 8.33. The van der Waals surface area contributed by atoms with E-state index in [2.05, 4.69) is 9.97 Å². The zero-order valence-electron chi connectivity index (χ0n) is 20.1. The molecule has 0 saturated carbocycles. The lowest BCUT2D eigenvalue weighted by Gasteiger charge is -2.30. The molecule has 9 heteroatoms. The molecule has 0 unspecified atom stereocenters. The molecule has 1 aromatic heterocycles. The molecule has 1 saturated heterocycles. The topological polar surface area (TPSA) is 119 Å².